The average Bonchev–Trinajstić information content (AvgIpc) is 3.51. The zero-order valence-electron chi connectivity index (χ0n) is 24.0. The first-order valence-electron chi connectivity index (χ1n) is 14.4. The predicted molar refractivity (Wildman–Crippen MR) is 156 cm³/mol. The van der Waals surface area contributed by atoms with Crippen LogP contribution in [-0.4, -0.2) is 65.3 Å². The second-order valence-electron chi connectivity index (χ2n) is 10.5. The summed E-state index contributed by atoms with van der Waals surface area (Å²) in [7, 11) is 1.57. The molecule has 0 spiro atoms. The second kappa shape index (κ2) is 12.9. The molecule has 1 atom stereocenters. The third kappa shape index (κ3) is 6.45. The summed E-state index contributed by atoms with van der Waals surface area (Å²) in [6.45, 7) is 1.33. The van der Waals surface area contributed by atoms with Crippen molar-refractivity contribution < 1.29 is 28.3 Å². The highest BCUT2D eigenvalue weighted by molar-refractivity contribution is 5.78. The summed E-state index contributed by atoms with van der Waals surface area (Å²) in [5.41, 5.74) is 3.72. The van der Waals surface area contributed by atoms with E-state index in [2.05, 4.69) is 20.4 Å². The average molecular weight is 584 g/mol. The van der Waals surface area contributed by atoms with Gasteiger partial charge in [0.15, 0.2) is 18.1 Å². The van der Waals surface area contributed by atoms with E-state index >= 15 is 0 Å². The van der Waals surface area contributed by atoms with Crippen molar-refractivity contribution in [2.24, 2.45) is 0 Å². The van der Waals surface area contributed by atoms with Gasteiger partial charge in [0.2, 0.25) is 17.6 Å². The van der Waals surface area contributed by atoms with Crippen LogP contribution in [0.4, 0.5) is 0 Å². The fourth-order valence-electron chi connectivity index (χ4n) is 5.49. The number of hydrogen-bond acceptors (Lipinski definition) is 9. The molecule has 3 aliphatic heterocycles. The van der Waals surface area contributed by atoms with Crippen LogP contribution >= 0.6 is 0 Å². The molecule has 4 aromatic rings. The van der Waals surface area contributed by atoms with Crippen LogP contribution in [0.2, 0.25) is 0 Å². The fourth-order valence-corrected chi connectivity index (χ4v) is 5.49. The zero-order valence-corrected chi connectivity index (χ0v) is 24.0. The number of benzene rings is 2. The Labute approximate surface area is 249 Å². The molecule has 3 aliphatic rings. The van der Waals surface area contributed by atoms with Crippen molar-refractivity contribution in [3.63, 3.8) is 0 Å². The number of pyridine rings is 1. The summed E-state index contributed by atoms with van der Waals surface area (Å²) in [6, 6.07) is 15.0. The maximum Gasteiger partial charge on any atom is 0.257 e. The standard InChI is InChI=1S/C32H33N5O6/c1-40-26-18-25-21-11-14-37(30(39)10-3-9-29-35-32(36-43-29)23-7-4-12-33-19-23)31(25)22-6-2-8-24(16-22)41-15-5-13-34-28(38)20-42-27(26)17-21/h2,4,6-8,12,16-19,31H,3,5,9-11,13-15,20H2,1H3,(H,34,38). The van der Waals surface area contributed by atoms with Crippen LogP contribution in [0.25, 0.3) is 11.4 Å². The van der Waals surface area contributed by atoms with Crippen molar-refractivity contribution >= 4 is 11.8 Å². The van der Waals surface area contributed by atoms with Crippen LogP contribution in [0.1, 0.15) is 47.9 Å². The summed E-state index contributed by atoms with van der Waals surface area (Å²) in [5.74, 6) is 2.50. The van der Waals surface area contributed by atoms with Crippen LogP contribution in [0.15, 0.2) is 65.4 Å². The van der Waals surface area contributed by atoms with Gasteiger partial charge < -0.3 is 29.0 Å². The molecule has 1 N–H and O–H groups in total. The molecule has 0 aliphatic carbocycles. The van der Waals surface area contributed by atoms with Crippen molar-refractivity contribution in [1.29, 1.82) is 0 Å². The molecular weight excluding hydrogens is 550 g/mol. The maximum absolute atomic E-state index is 13.8. The molecule has 7 rings (SSSR count). The van der Waals surface area contributed by atoms with E-state index in [0.29, 0.717) is 80.8 Å². The molecule has 6 bridgehead atoms. The Morgan fingerprint density at radius 2 is 2.09 bits per heavy atom. The lowest BCUT2D eigenvalue weighted by atomic mass is 9.87. The van der Waals surface area contributed by atoms with Gasteiger partial charge in [-0.25, -0.2) is 0 Å². The Balaban J connectivity index is 1.25. The topological polar surface area (TPSA) is 129 Å². The molecule has 1 unspecified atom stereocenters. The third-order valence-corrected chi connectivity index (χ3v) is 7.59. The van der Waals surface area contributed by atoms with E-state index in [1.807, 2.05) is 53.4 Å². The van der Waals surface area contributed by atoms with E-state index in [4.69, 9.17) is 18.7 Å². The highest BCUT2D eigenvalue weighted by Crippen LogP contribution is 2.42. The highest BCUT2D eigenvalue weighted by atomic mass is 16.5. The number of aryl methyl sites for hydroxylation is 1. The molecule has 2 amide bonds. The molecule has 2 aromatic heterocycles. The summed E-state index contributed by atoms with van der Waals surface area (Å²) in [6.07, 6.45) is 6.02. The number of carbonyl (C=O) groups is 2. The minimum atomic E-state index is -0.348. The Morgan fingerprint density at radius 3 is 2.95 bits per heavy atom. The van der Waals surface area contributed by atoms with Gasteiger partial charge in [-0.1, -0.05) is 17.3 Å². The first kappa shape index (κ1) is 28.2. The van der Waals surface area contributed by atoms with Crippen molar-refractivity contribution in [1.82, 2.24) is 25.3 Å². The van der Waals surface area contributed by atoms with Crippen LogP contribution in [0.5, 0.6) is 17.2 Å². The number of carbonyl (C=O) groups excluding carboxylic acids is 2. The van der Waals surface area contributed by atoms with Gasteiger partial charge in [-0.05, 0) is 72.4 Å². The quantitative estimate of drug-likeness (QED) is 0.359. The Bertz CT molecular complexity index is 1590. The minimum Gasteiger partial charge on any atom is -0.494 e. The molecule has 5 heterocycles. The van der Waals surface area contributed by atoms with Gasteiger partial charge in [-0.3, -0.25) is 14.6 Å². The number of ether oxygens (including phenoxy) is 3. The molecule has 0 saturated heterocycles. The zero-order chi connectivity index (χ0) is 29.6. The largest absolute Gasteiger partial charge is 0.494 e. The summed E-state index contributed by atoms with van der Waals surface area (Å²) in [4.78, 5) is 36.6. The SMILES string of the molecule is COc1cc2c3cc1OCC(=O)NCCCOc1cccc(c1)C2N(C(=O)CCCc1nc(-c2cccnc2)no1)CC3. The molecule has 11 heteroatoms. The predicted octanol–water partition coefficient (Wildman–Crippen LogP) is 3.91. The first-order valence-corrected chi connectivity index (χ1v) is 14.4. The number of aromatic nitrogens is 3. The van der Waals surface area contributed by atoms with E-state index in [0.717, 1.165) is 22.3 Å². The van der Waals surface area contributed by atoms with E-state index in [-0.39, 0.29) is 24.5 Å². The lowest BCUT2D eigenvalue weighted by molar-refractivity contribution is -0.133. The van der Waals surface area contributed by atoms with E-state index in [9.17, 15) is 9.59 Å². The smallest absolute Gasteiger partial charge is 0.257 e. The van der Waals surface area contributed by atoms with Crippen molar-refractivity contribution in [3.05, 3.63) is 83.5 Å². The number of fused-ring (bicyclic) bond motifs is 8. The molecule has 11 nitrogen and oxygen atoms in total. The fraction of sp³-hybridized carbons (Fsp3) is 0.344. The van der Waals surface area contributed by atoms with E-state index in [1.165, 1.54) is 0 Å². The number of nitrogens with one attached hydrogen (secondary N) is 1. The molecule has 222 valence electrons. The van der Waals surface area contributed by atoms with Gasteiger partial charge in [-0.2, -0.15) is 4.98 Å². The van der Waals surface area contributed by atoms with Gasteiger partial charge in [0.1, 0.15) is 5.75 Å². The van der Waals surface area contributed by atoms with E-state index < -0.39 is 0 Å². The number of rotatable bonds is 6. The van der Waals surface area contributed by atoms with Gasteiger partial charge in [0.05, 0.1) is 19.8 Å². The molecule has 0 radical (unpaired) electrons. The molecule has 2 aromatic carbocycles. The highest BCUT2D eigenvalue weighted by Gasteiger charge is 2.33. The Hall–Kier alpha value is -4.93. The second-order valence-corrected chi connectivity index (χ2v) is 10.5. The van der Waals surface area contributed by atoms with Crippen LogP contribution in [-0.2, 0) is 22.4 Å². The Kier molecular flexibility index (Phi) is 8.48. The summed E-state index contributed by atoms with van der Waals surface area (Å²) < 4.78 is 23.0. The number of methoxy groups -OCH3 is 1. The first-order chi connectivity index (χ1) is 21.1. The number of hydrogen-bond donors (Lipinski definition) is 1. The summed E-state index contributed by atoms with van der Waals surface area (Å²) in [5, 5.41) is 6.91. The van der Waals surface area contributed by atoms with Gasteiger partial charge in [0.25, 0.3) is 5.91 Å². The molecule has 0 saturated carbocycles. The van der Waals surface area contributed by atoms with E-state index in [1.54, 1.807) is 19.5 Å². The van der Waals surface area contributed by atoms with Gasteiger partial charge in [0, 0.05) is 43.9 Å². The normalized spacial score (nSPS) is 16.6. The lowest BCUT2D eigenvalue weighted by Crippen LogP contribution is -2.40. The maximum atomic E-state index is 13.8. The van der Waals surface area contributed by atoms with Crippen LogP contribution in [0.3, 0.4) is 0 Å². The number of nitrogens with zero attached hydrogens (tertiary/aromatic N) is 4. The third-order valence-electron chi connectivity index (χ3n) is 7.59. The van der Waals surface area contributed by atoms with Crippen molar-refractivity contribution in [2.75, 3.05) is 33.4 Å². The summed E-state index contributed by atoms with van der Waals surface area (Å²) >= 11 is 0. The van der Waals surface area contributed by atoms with Crippen molar-refractivity contribution in [3.8, 4) is 28.6 Å². The number of amides is 2. The molecule has 43 heavy (non-hydrogen) atoms. The minimum absolute atomic E-state index is 0.0272. The van der Waals surface area contributed by atoms with Crippen LogP contribution in [0, 0.1) is 0 Å². The van der Waals surface area contributed by atoms with Crippen molar-refractivity contribution in [2.45, 2.75) is 38.1 Å². The lowest BCUT2D eigenvalue weighted by Gasteiger charge is -2.38. The molecular formula is C32H33N5O6. The van der Waals surface area contributed by atoms with Gasteiger partial charge >= 0.3 is 0 Å². The van der Waals surface area contributed by atoms with Crippen LogP contribution < -0.4 is 19.5 Å². The monoisotopic (exact) mass is 583 g/mol. The van der Waals surface area contributed by atoms with Gasteiger partial charge in [-0.15, -0.1) is 0 Å². The molecule has 0 fully saturated rings. The Morgan fingerprint density at radius 1 is 1.16 bits per heavy atom.